The molecule has 1 unspecified atom stereocenters. The number of imide groups is 1. The summed E-state index contributed by atoms with van der Waals surface area (Å²) in [6, 6.07) is 4.99. The average molecular weight is 262 g/mol. The standard InChI is InChI=1S/C14H18N2O3/c1-9-3-5-12(17)10(7-9)8-15-11-4-6-13(18)16(2)14(11)19/h3,5,7,11,15,17H,4,6,8H2,1-2H3. The molecule has 0 aliphatic carbocycles. The number of phenolic OH excluding ortho intramolecular Hbond substituents is 1. The average Bonchev–Trinajstić information content (AvgIpc) is 2.39. The fraction of sp³-hybridized carbons (Fsp3) is 0.429. The number of likely N-dealkylation sites (N-methyl/N-ethyl adjacent to an activating group) is 1. The Morgan fingerprint density at radius 1 is 1.42 bits per heavy atom. The molecule has 1 aliphatic rings. The van der Waals surface area contributed by atoms with Crippen molar-refractivity contribution in [3.8, 4) is 5.75 Å². The third-order valence-electron chi connectivity index (χ3n) is 3.42. The van der Waals surface area contributed by atoms with Crippen molar-refractivity contribution < 1.29 is 14.7 Å². The van der Waals surface area contributed by atoms with Gasteiger partial charge in [-0.25, -0.2) is 0 Å². The van der Waals surface area contributed by atoms with Gasteiger partial charge < -0.3 is 10.4 Å². The van der Waals surface area contributed by atoms with E-state index in [1.165, 1.54) is 7.05 Å². The summed E-state index contributed by atoms with van der Waals surface area (Å²) in [5.74, 6) is -0.129. The van der Waals surface area contributed by atoms with Crippen LogP contribution in [0.5, 0.6) is 5.75 Å². The SMILES string of the molecule is Cc1ccc(O)c(CNC2CCC(=O)N(C)C2=O)c1. The summed E-state index contributed by atoms with van der Waals surface area (Å²) < 4.78 is 0. The van der Waals surface area contributed by atoms with Gasteiger partial charge in [0.15, 0.2) is 0 Å². The van der Waals surface area contributed by atoms with Gasteiger partial charge in [0.25, 0.3) is 0 Å². The molecule has 2 amide bonds. The molecule has 0 aromatic heterocycles. The van der Waals surface area contributed by atoms with Crippen LogP contribution in [0, 0.1) is 6.92 Å². The number of nitrogens with zero attached hydrogens (tertiary/aromatic N) is 1. The Bertz CT molecular complexity index is 513. The van der Waals surface area contributed by atoms with Gasteiger partial charge in [-0.15, -0.1) is 0 Å². The van der Waals surface area contributed by atoms with Gasteiger partial charge >= 0.3 is 0 Å². The number of amides is 2. The van der Waals surface area contributed by atoms with Crippen molar-refractivity contribution in [2.24, 2.45) is 0 Å². The Morgan fingerprint density at radius 3 is 2.89 bits per heavy atom. The van der Waals surface area contributed by atoms with Crippen LogP contribution in [0.15, 0.2) is 18.2 Å². The first-order valence-electron chi connectivity index (χ1n) is 6.31. The molecule has 0 saturated carbocycles. The van der Waals surface area contributed by atoms with Crippen LogP contribution in [-0.4, -0.2) is 34.9 Å². The van der Waals surface area contributed by atoms with Crippen LogP contribution >= 0.6 is 0 Å². The zero-order valence-corrected chi connectivity index (χ0v) is 11.1. The number of piperidine rings is 1. The van der Waals surface area contributed by atoms with Gasteiger partial charge in [0.1, 0.15) is 5.75 Å². The molecule has 1 atom stereocenters. The molecule has 0 spiro atoms. The molecule has 1 aromatic carbocycles. The fourth-order valence-corrected chi connectivity index (χ4v) is 2.19. The Balaban J connectivity index is 2.01. The van der Waals surface area contributed by atoms with Crippen LogP contribution < -0.4 is 5.32 Å². The number of aryl methyl sites for hydroxylation is 1. The maximum Gasteiger partial charge on any atom is 0.246 e. The molecule has 5 nitrogen and oxygen atoms in total. The van der Waals surface area contributed by atoms with Crippen molar-refractivity contribution in [1.82, 2.24) is 10.2 Å². The summed E-state index contributed by atoms with van der Waals surface area (Å²) in [5.41, 5.74) is 1.81. The van der Waals surface area contributed by atoms with Crippen molar-refractivity contribution in [2.45, 2.75) is 32.4 Å². The molecule has 102 valence electrons. The monoisotopic (exact) mass is 262 g/mol. The number of hydrogen-bond acceptors (Lipinski definition) is 4. The van der Waals surface area contributed by atoms with Crippen molar-refractivity contribution in [1.29, 1.82) is 0 Å². The smallest absolute Gasteiger partial charge is 0.246 e. The number of carbonyl (C=O) groups excluding carboxylic acids is 2. The lowest BCUT2D eigenvalue weighted by atomic mass is 10.0. The second-order valence-corrected chi connectivity index (χ2v) is 4.90. The Labute approximate surface area is 112 Å². The minimum atomic E-state index is -0.359. The highest BCUT2D eigenvalue weighted by Gasteiger charge is 2.31. The van der Waals surface area contributed by atoms with Crippen molar-refractivity contribution in [2.75, 3.05) is 7.05 Å². The zero-order chi connectivity index (χ0) is 14.0. The van der Waals surface area contributed by atoms with Gasteiger partial charge in [0.05, 0.1) is 6.04 Å². The molecule has 2 N–H and O–H groups in total. The topological polar surface area (TPSA) is 69.6 Å². The lowest BCUT2D eigenvalue weighted by Gasteiger charge is -2.28. The number of benzene rings is 1. The minimum absolute atomic E-state index is 0.138. The summed E-state index contributed by atoms with van der Waals surface area (Å²) in [6.07, 6.45) is 0.883. The van der Waals surface area contributed by atoms with E-state index in [-0.39, 0.29) is 23.6 Å². The lowest BCUT2D eigenvalue weighted by molar-refractivity contribution is -0.148. The Kier molecular flexibility index (Phi) is 3.85. The molecule has 1 heterocycles. The van der Waals surface area contributed by atoms with Gasteiger partial charge in [-0.05, 0) is 19.4 Å². The number of carbonyl (C=O) groups is 2. The number of hydrogen-bond donors (Lipinski definition) is 2. The first-order valence-corrected chi connectivity index (χ1v) is 6.31. The van der Waals surface area contributed by atoms with E-state index in [2.05, 4.69) is 5.32 Å². The maximum absolute atomic E-state index is 11.9. The predicted molar refractivity (Wildman–Crippen MR) is 70.5 cm³/mol. The molecular weight excluding hydrogens is 244 g/mol. The summed E-state index contributed by atoms with van der Waals surface area (Å²) in [6.45, 7) is 2.35. The van der Waals surface area contributed by atoms with Gasteiger partial charge in [0.2, 0.25) is 11.8 Å². The first-order chi connectivity index (χ1) is 8.99. The molecule has 1 saturated heterocycles. The fourth-order valence-electron chi connectivity index (χ4n) is 2.19. The van der Waals surface area contributed by atoms with E-state index in [9.17, 15) is 14.7 Å². The highest BCUT2D eigenvalue weighted by molar-refractivity contribution is 6.00. The van der Waals surface area contributed by atoms with Gasteiger partial charge in [-0.2, -0.15) is 0 Å². The van der Waals surface area contributed by atoms with Crippen LogP contribution in [0.4, 0.5) is 0 Å². The van der Waals surface area contributed by atoms with E-state index in [0.29, 0.717) is 19.4 Å². The molecule has 0 radical (unpaired) electrons. The number of rotatable bonds is 3. The van der Waals surface area contributed by atoms with Crippen LogP contribution in [0.25, 0.3) is 0 Å². The van der Waals surface area contributed by atoms with E-state index in [1.54, 1.807) is 6.07 Å². The molecule has 19 heavy (non-hydrogen) atoms. The largest absolute Gasteiger partial charge is 0.508 e. The molecular formula is C14H18N2O3. The second-order valence-electron chi connectivity index (χ2n) is 4.90. The number of nitrogens with one attached hydrogen (secondary N) is 1. The van der Waals surface area contributed by atoms with Crippen LogP contribution in [0.3, 0.4) is 0 Å². The summed E-state index contributed by atoms with van der Waals surface area (Å²) in [4.78, 5) is 24.4. The molecule has 0 bridgehead atoms. The summed E-state index contributed by atoms with van der Waals surface area (Å²) >= 11 is 0. The van der Waals surface area contributed by atoms with Gasteiger partial charge in [-0.3, -0.25) is 14.5 Å². The number of aromatic hydroxyl groups is 1. The van der Waals surface area contributed by atoms with Crippen LogP contribution in [-0.2, 0) is 16.1 Å². The molecule has 1 aliphatic heterocycles. The number of phenols is 1. The van der Waals surface area contributed by atoms with Crippen LogP contribution in [0.1, 0.15) is 24.0 Å². The second kappa shape index (κ2) is 5.40. The Hall–Kier alpha value is -1.88. The molecule has 1 aromatic rings. The number of likely N-dealkylation sites (tertiary alicyclic amines) is 1. The van der Waals surface area contributed by atoms with Gasteiger partial charge in [0, 0.05) is 25.6 Å². The Morgan fingerprint density at radius 2 is 2.16 bits per heavy atom. The van der Waals surface area contributed by atoms with Crippen molar-refractivity contribution in [3.63, 3.8) is 0 Å². The van der Waals surface area contributed by atoms with E-state index in [1.807, 2.05) is 19.1 Å². The highest BCUT2D eigenvalue weighted by Crippen LogP contribution is 2.19. The molecule has 5 heteroatoms. The van der Waals surface area contributed by atoms with E-state index < -0.39 is 0 Å². The quantitative estimate of drug-likeness (QED) is 0.795. The van der Waals surface area contributed by atoms with Crippen LogP contribution in [0.2, 0.25) is 0 Å². The van der Waals surface area contributed by atoms with Crippen molar-refractivity contribution in [3.05, 3.63) is 29.3 Å². The summed E-state index contributed by atoms with van der Waals surface area (Å²) in [5, 5.41) is 12.8. The van der Waals surface area contributed by atoms with E-state index in [0.717, 1.165) is 16.0 Å². The van der Waals surface area contributed by atoms with Crippen molar-refractivity contribution >= 4 is 11.8 Å². The molecule has 2 rings (SSSR count). The molecule has 1 fully saturated rings. The third kappa shape index (κ3) is 2.93. The maximum atomic E-state index is 11.9. The van der Waals surface area contributed by atoms with Gasteiger partial charge in [-0.1, -0.05) is 17.7 Å². The van der Waals surface area contributed by atoms with E-state index in [4.69, 9.17) is 0 Å². The summed E-state index contributed by atoms with van der Waals surface area (Å²) in [7, 11) is 1.50. The zero-order valence-electron chi connectivity index (χ0n) is 11.1. The normalized spacial score (nSPS) is 19.9. The third-order valence-corrected chi connectivity index (χ3v) is 3.42. The lowest BCUT2D eigenvalue weighted by Crippen LogP contribution is -2.51. The highest BCUT2D eigenvalue weighted by atomic mass is 16.3. The van der Waals surface area contributed by atoms with E-state index >= 15 is 0 Å². The first kappa shape index (κ1) is 13.5. The minimum Gasteiger partial charge on any atom is -0.508 e. The predicted octanol–water partition coefficient (Wildman–Crippen LogP) is 0.938.